The van der Waals surface area contributed by atoms with Crippen LogP contribution in [0.2, 0.25) is 0 Å². The zero-order valence-corrected chi connectivity index (χ0v) is 9.08. The second kappa shape index (κ2) is 4.25. The average Bonchev–Trinajstić information content (AvgIpc) is 2.80. The number of hydrogen-bond donors (Lipinski definition) is 0. The highest BCUT2D eigenvalue weighted by Gasteiger charge is 2.00. The molecule has 0 amide bonds. The van der Waals surface area contributed by atoms with Crippen molar-refractivity contribution >= 4 is 10.8 Å². The number of aromatic nitrogens is 3. The molecule has 2 heterocycles. The summed E-state index contributed by atoms with van der Waals surface area (Å²) in [5.41, 5.74) is 0.790. The van der Waals surface area contributed by atoms with Crippen LogP contribution in [0.5, 0.6) is 0 Å². The highest BCUT2D eigenvalue weighted by molar-refractivity contribution is 5.81. The second-order valence-corrected chi connectivity index (χ2v) is 3.62. The molecule has 0 atom stereocenters. The molecule has 0 aliphatic carbocycles. The van der Waals surface area contributed by atoms with Crippen molar-refractivity contribution in [3.05, 3.63) is 60.9 Å². The molecule has 0 aliphatic rings. The van der Waals surface area contributed by atoms with Crippen LogP contribution < -0.4 is 4.84 Å². The molecule has 0 saturated heterocycles. The summed E-state index contributed by atoms with van der Waals surface area (Å²) in [4.78, 5) is 13.6. The van der Waals surface area contributed by atoms with Gasteiger partial charge in [0.1, 0.15) is 6.20 Å². The molecule has 0 N–H and O–H groups in total. The maximum absolute atomic E-state index is 5.54. The van der Waals surface area contributed by atoms with Gasteiger partial charge in [0.05, 0.1) is 18.1 Å². The van der Waals surface area contributed by atoms with E-state index in [0.717, 1.165) is 16.5 Å². The van der Waals surface area contributed by atoms with Gasteiger partial charge in [0.15, 0.2) is 6.61 Å². The maximum atomic E-state index is 5.54. The van der Waals surface area contributed by atoms with E-state index in [9.17, 15) is 0 Å². The Labute approximate surface area is 98.5 Å². The van der Waals surface area contributed by atoms with Gasteiger partial charge in [0, 0.05) is 23.2 Å². The lowest BCUT2D eigenvalue weighted by Gasteiger charge is -2.03. The quantitative estimate of drug-likeness (QED) is 0.681. The largest absolute Gasteiger partial charge is 0.407 e. The van der Waals surface area contributed by atoms with Gasteiger partial charge in [-0.3, -0.25) is 9.97 Å². The van der Waals surface area contributed by atoms with E-state index in [-0.39, 0.29) is 0 Å². The lowest BCUT2D eigenvalue weighted by molar-refractivity contribution is 0.0947. The predicted octanol–water partition coefficient (Wildman–Crippen LogP) is 1.86. The Bertz CT molecular complexity index is 586. The molecule has 1 radical (unpaired) electrons. The SMILES string of the molecule is [c]1c2ccccc2cn1OCc1cnccn1. The van der Waals surface area contributed by atoms with Gasteiger partial charge in [-0.15, -0.1) is 0 Å². The molecule has 0 spiro atoms. The molecule has 4 heteroatoms. The lowest BCUT2D eigenvalue weighted by Crippen LogP contribution is -2.09. The zero-order valence-electron chi connectivity index (χ0n) is 9.08. The van der Waals surface area contributed by atoms with Crippen LogP contribution in [0.4, 0.5) is 0 Å². The van der Waals surface area contributed by atoms with Gasteiger partial charge in [-0.25, -0.2) is 0 Å². The Balaban J connectivity index is 1.77. The predicted molar refractivity (Wildman–Crippen MR) is 63.1 cm³/mol. The van der Waals surface area contributed by atoms with Crippen molar-refractivity contribution in [2.45, 2.75) is 6.61 Å². The third-order valence-corrected chi connectivity index (χ3v) is 2.42. The van der Waals surface area contributed by atoms with E-state index in [1.807, 2.05) is 30.5 Å². The third-order valence-electron chi connectivity index (χ3n) is 2.42. The molecule has 4 nitrogen and oxygen atoms in total. The summed E-state index contributed by atoms with van der Waals surface area (Å²) < 4.78 is 1.58. The molecular formula is C13H10N3O. The van der Waals surface area contributed by atoms with Gasteiger partial charge < -0.3 is 4.84 Å². The van der Waals surface area contributed by atoms with Crippen LogP contribution in [0.1, 0.15) is 5.69 Å². The Kier molecular flexibility index (Phi) is 2.46. The molecule has 0 bridgehead atoms. The summed E-state index contributed by atoms with van der Waals surface area (Å²) in [6.07, 6.45) is 9.98. The standard InChI is InChI=1S/C13H10N3O/c1-2-4-12-9-16(8-11(12)3-1)17-10-13-7-14-5-6-15-13/h1-8H,10H2. The highest BCUT2D eigenvalue weighted by Crippen LogP contribution is 2.12. The molecule has 0 aliphatic heterocycles. The summed E-state index contributed by atoms with van der Waals surface area (Å²) in [5, 5.41) is 2.14. The van der Waals surface area contributed by atoms with Crippen molar-refractivity contribution in [3.8, 4) is 0 Å². The first kappa shape index (κ1) is 9.84. The summed E-state index contributed by atoms with van der Waals surface area (Å²) in [5.74, 6) is 0. The van der Waals surface area contributed by atoms with Crippen LogP contribution in [0.3, 0.4) is 0 Å². The van der Waals surface area contributed by atoms with Crippen LogP contribution in [-0.2, 0) is 6.61 Å². The van der Waals surface area contributed by atoms with E-state index in [1.165, 1.54) is 0 Å². The van der Waals surface area contributed by atoms with Crippen LogP contribution in [0, 0.1) is 6.20 Å². The van der Waals surface area contributed by atoms with Crippen molar-refractivity contribution in [2.75, 3.05) is 0 Å². The molecule has 17 heavy (non-hydrogen) atoms. The van der Waals surface area contributed by atoms with E-state index < -0.39 is 0 Å². The van der Waals surface area contributed by atoms with Gasteiger partial charge in [0.25, 0.3) is 0 Å². The topological polar surface area (TPSA) is 39.9 Å². The summed E-state index contributed by atoms with van der Waals surface area (Å²) in [6, 6.07) is 7.99. The number of fused-ring (bicyclic) bond motifs is 1. The van der Waals surface area contributed by atoms with E-state index in [1.54, 1.807) is 23.3 Å². The number of nitrogens with zero attached hydrogens (tertiary/aromatic N) is 3. The smallest absolute Gasteiger partial charge is 0.158 e. The normalized spacial score (nSPS) is 10.6. The second-order valence-electron chi connectivity index (χ2n) is 3.62. The molecular weight excluding hydrogens is 214 g/mol. The van der Waals surface area contributed by atoms with E-state index >= 15 is 0 Å². The molecule has 0 saturated carbocycles. The minimum absolute atomic E-state index is 0.380. The third kappa shape index (κ3) is 2.10. The van der Waals surface area contributed by atoms with Gasteiger partial charge in [0.2, 0.25) is 0 Å². The van der Waals surface area contributed by atoms with Crippen molar-refractivity contribution in [3.63, 3.8) is 0 Å². The zero-order chi connectivity index (χ0) is 11.5. The van der Waals surface area contributed by atoms with E-state index in [0.29, 0.717) is 6.61 Å². The van der Waals surface area contributed by atoms with Crippen LogP contribution >= 0.6 is 0 Å². The Morgan fingerprint density at radius 2 is 2.18 bits per heavy atom. The first-order chi connectivity index (χ1) is 8.42. The number of benzene rings is 1. The Morgan fingerprint density at radius 1 is 1.24 bits per heavy atom. The van der Waals surface area contributed by atoms with Gasteiger partial charge in [-0.1, -0.05) is 24.3 Å². The van der Waals surface area contributed by atoms with E-state index in [4.69, 9.17) is 4.84 Å². The van der Waals surface area contributed by atoms with Crippen LogP contribution in [0.15, 0.2) is 49.1 Å². The van der Waals surface area contributed by atoms with Crippen molar-refractivity contribution in [1.82, 2.24) is 14.7 Å². The minimum atomic E-state index is 0.380. The summed E-state index contributed by atoms with van der Waals surface area (Å²) >= 11 is 0. The van der Waals surface area contributed by atoms with Gasteiger partial charge >= 0.3 is 0 Å². The van der Waals surface area contributed by atoms with Crippen molar-refractivity contribution in [2.24, 2.45) is 0 Å². The monoisotopic (exact) mass is 224 g/mol. The average molecular weight is 224 g/mol. The van der Waals surface area contributed by atoms with Crippen molar-refractivity contribution < 1.29 is 4.84 Å². The fraction of sp³-hybridized carbons (Fsp3) is 0.0769. The highest BCUT2D eigenvalue weighted by atomic mass is 16.7. The fourth-order valence-corrected chi connectivity index (χ4v) is 1.60. The Hall–Kier alpha value is -2.36. The minimum Gasteiger partial charge on any atom is -0.407 e. The maximum Gasteiger partial charge on any atom is 0.158 e. The molecule has 83 valence electrons. The summed E-state index contributed by atoms with van der Waals surface area (Å²) in [6.45, 7) is 0.380. The number of hydrogen-bond acceptors (Lipinski definition) is 3. The first-order valence-electron chi connectivity index (χ1n) is 5.29. The molecule has 1 aromatic carbocycles. The fourth-order valence-electron chi connectivity index (χ4n) is 1.60. The lowest BCUT2D eigenvalue weighted by atomic mass is 10.2. The molecule has 3 aromatic rings. The number of rotatable bonds is 3. The molecule has 0 fully saturated rings. The molecule has 3 rings (SSSR count). The Morgan fingerprint density at radius 3 is 3.00 bits per heavy atom. The van der Waals surface area contributed by atoms with Crippen LogP contribution in [0.25, 0.3) is 10.8 Å². The molecule has 2 aromatic heterocycles. The van der Waals surface area contributed by atoms with E-state index in [2.05, 4.69) is 16.2 Å². The van der Waals surface area contributed by atoms with Crippen LogP contribution in [-0.4, -0.2) is 14.7 Å². The first-order valence-corrected chi connectivity index (χ1v) is 5.29. The van der Waals surface area contributed by atoms with Gasteiger partial charge in [-0.2, -0.15) is 4.73 Å². The summed E-state index contributed by atoms with van der Waals surface area (Å²) in [7, 11) is 0. The van der Waals surface area contributed by atoms with Crippen molar-refractivity contribution in [1.29, 1.82) is 0 Å². The molecule has 0 unspecified atom stereocenters. The van der Waals surface area contributed by atoms with Gasteiger partial charge in [-0.05, 0) is 0 Å².